The number of halogens is 3. The molecule has 0 saturated carbocycles. The molecule has 2 rings (SSSR count). The van der Waals surface area contributed by atoms with Gasteiger partial charge < -0.3 is 10.6 Å². The van der Waals surface area contributed by atoms with E-state index in [2.05, 4.69) is 10.6 Å². The Morgan fingerprint density at radius 3 is 2.82 bits per heavy atom. The maximum Gasteiger partial charge on any atom is 0.401 e. The normalized spacial score (nSPS) is 20.1. The van der Waals surface area contributed by atoms with Crippen LogP contribution in [0.4, 0.5) is 13.2 Å². The molecule has 0 spiro atoms. The number of hydrogen-bond acceptors (Lipinski definition) is 2. The van der Waals surface area contributed by atoms with Crippen molar-refractivity contribution < 1.29 is 13.2 Å². The number of alkyl halides is 3. The summed E-state index contributed by atoms with van der Waals surface area (Å²) in [6.45, 7) is 0.947. The van der Waals surface area contributed by atoms with Crippen molar-refractivity contribution in [2.24, 2.45) is 0 Å². The molecule has 1 aliphatic heterocycles. The predicted octanol–water partition coefficient (Wildman–Crippen LogP) is 2.03. The van der Waals surface area contributed by atoms with Gasteiger partial charge in [-0.15, -0.1) is 0 Å². The lowest BCUT2D eigenvalue weighted by atomic mass is 9.91. The minimum atomic E-state index is -4.14. The fourth-order valence-electron chi connectivity index (χ4n) is 2.15. The molecule has 0 fully saturated rings. The Bertz CT molecular complexity index is 376. The highest BCUT2D eigenvalue weighted by Gasteiger charge is 2.27. The van der Waals surface area contributed by atoms with E-state index in [9.17, 15) is 13.2 Å². The molecule has 17 heavy (non-hydrogen) atoms. The standard InChI is InChI=1S/C12H15F3N2/c13-12(14,15)8-17-7-10-6-16-5-9-3-1-2-4-11(9)10/h1-4,10,16-17H,5-8H2. The molecular formula is C12H15F3N2. The van der Waals surface area contributed by atoms with Crippen LogP contribution in [-0.4, -0.2) is 25.8 Å². The van der Waals surface area contributed by atoms with Gasteiger partial charge in [0.25, 0.3) is 0 Å². The highest BCUT2D eigenvalue weighted by Crippen LogP contribution is 2.23. The van der Waals surface area contributed by atoms with Crippen molar-refractivity contribution in [2.75, 3.05) is 19.6 Å². The highest BCUT2D eigenvalue weighted by atomic mass is 19.4. The Hall–Kier alpha value is -1.07. The van der Waals surface area contributed by atoms with Crippen LogP contribution in [0.25, 0.3) is 0 Å². The summed E-state index contributed by atoms with van der Waals surface area (Å²) < 4.78 is 36.1. The van der Waals surface area contributed by atoms with Crippen molar-refractivity contribution in [3.63, 3.8) is 0 Å². The van der Waals surface area contributed by atoms with E-state index in [0.29, 0.717) is 6.54 Å². The monoisotopic (exact) mass is 244 g/mol. The average molecular weight is 244 g/mol. The molecule has 94 valence electrons. The summed E-state index contributed by atoms with van der Waals surface area (Å²) in [4.78, 5) is 0. The number of fused-ring (bicyclic) bond motifs is 1. The van der Waals surface area contributed by atoms with Gasteiger partial charge >= 0.3 is 6.18 Å². The van der Waals surface area contributed by atoms with E-state index in [1.807, 2.05) is 24.3 Å². The molecule has 1 aromatic carbocycles. The first kappa shape index (κ1) is 12.4. The Balaban J connectivity index is 1.95. The number of nitrogens with one attached hydrogen (secondary N) is 2. The zero-order valence-corrected chi connectivity index (χ0v) is 9.35. The zero-order valence-electron chi connectivity index (χ0n) is 9.35. The number of rotatable bonds is 3. The number of hydrogen-bond donors (Lipinski definition) is 2. The first-order chi connectivity index (χ1) is 8.06. The second kappa shape index (κ2) is 5.06. The van der Waals surface area contributed by atoms with Crippen molar-refractivity contribution in [1.82, 2.24) is 10.6 Å². The molecule has 0 radical (unpaired) electrons. The average Bonchev–Trinajstić information content (AvgIpc) is 2.28. The van der Waals surface area contributed by atoms with E-state index < -0.39 is 12.7 Å². The van der Waals surface area contributed by atoms with Crippen LogP contribution in [0, 0.1) is 0 Å². The summed E-state index contributed by atoms with van der Waals surface area (Å²) >= 11 is 0. The molecule has 1 unspecified atom stereocenters. The molecule has 2 nitrogen and oxygen atoms in total. The zero-order chi connectivity index (χ0) is 12.3. The second-order valence-electron chi connectivity index (χ2n) is 4.27. The molecule has 0 bridgehead atoms. The lowest BCUT2D eigenvalue weighted by Crippen LogP contribution is -2.37. The van der Waals surface area contributed by atoms with Gasteiger partial charge in [-0.05, 0) is 11.1 Å². The van der Waals surface area contributed by atoms with E-state index in [0.717, 1.165) is 18.7 Å². The largest absolute Gasteiger partial charge is 0.401 e. The summed E-state index contributed by atoms with van der Waals surface area (Å²) in [5.74, 6) is 0.113. The molecule has 1 heterocycles. The molecule has 0 aromatic heterocycles. The Kier molecular flexibility index (Phi) is 3.69. The lowest BCUT2D eigenvalue weighted by Gasteiger charge is -2.26. The fraction of sp³-hybridized carbons (Fsp3) is 0.500. The van der Waals surface area contributed by atoms with Crippen LogP contribution < -0.4 is 10.6 Å². The van der Waals surface area contributed by atoms with Gasteiger partial charge in [0.15, 0.2) is 0 Å². The van der Waals surface area contributed by atoms with Crippen LogP contribution in [0.3, 0.4) is 0 Å². The fourth-order valence-corrected chi connectivity index (χ4v) is 2.15. The third-order valence-electron chi connectivity index (χ3n) is 2.92. The van der Waals surface area contributed by atoms with Crippen molar-refractivity contribution in [2.45, 2.75) is 18.6 Å². The van der Waals surface area contributed by atoms with E-state index in [1.165, 1.54) is 5.56 Å². The summed E-state index contributed by atoms with van der Waals surface area (Å²) in [6, 6.07) is 7.89. The molecule has 0 aliphatic carbocycles. The summed E-state index contributed by atoms with van der Waals surface area (Å²) in [5, 5.41) is 5.69. The Labute approximate surface area is 98.2 Å². The van der Waals surface area contributed by atoms with Crippen molar-refractivity contribution in [3.8, 4) is 0 Å². The molecule has 0 amide bonds. The van der Waals surface area contributed by atoms with Crippen LogP contribution >= 0.6 is 0 Å². The minimum absolute atomic E-state index is 0.113. The van der Waals surface area contributed by atoms with Gasteiger partial charge in [-0.2, -0.15) is 13.2 Å². The van der Waals surface area contributed by atoms with Crippen LogP contribution in [0.15, 0.2) is 24.3 Å². The molecular weight excluding hydrogens is 229 g/mol. The van der Waals surface area contributed by atoms with Gasteiger partial charge in [0.1, 0.15) is 0 Å². The Morgan fingerprint density at radius 1 is 1.29 bits per heavy atom. The molecule has 2 N–H and O–H groups in total. The smallest absolute Gasteiger partial charge is 0.312 e. The predicted molar refractivity (Wildman–Crippen MR) is 59.8 cm³/mol. The van der Waals surface area contributed by atoms with Gasteiger partial charge in [0.2, 0.25) is 0 Å². The van der Waals surface area contributed by atoms with Gasteiger partial charge in [0.05, 0.1) is 6.54 Å². The summed E-state index contributed by atoms with van der Waals surface area (Å²) in [7, 11) is 0. The van der Waals surface area contributed by atoms with Crippen LogP contribution in [0.2, 0.25) is 0 Å². The van der Waals surface area contributed by atoms with Crippen molar-refractivity contribution in [1.29, 1.82) is 0 Å². The Morgan fingerprint density at radius 2 is 2.06 bits per heavy atom. The maximum absolute atomic E-state index is 12.0. The molecule has 1 atom stereocenters. The minimum Gasteiger partial charge on any atom is -0.312 e. The van der Waals surface area contributed by atoms with E-state index >= 15 is 0 Å². The maximum atomic E-state index is 12.0. The van der Waals surface area contributed by atoms with Crippen LogP contribution in [0.5, 0.6) is 0 Å². The van der Waals surface area contributed by atoms with Crippen molar-refractivity contribution in [3.05, 3.63) is 35.4 Å². The summed E-state index contributed by atoms with van der Waals surface area (Å²) in [5.41, 5.74) is 2.33. The third kappa shape index (κ3) is 3.44. The van der Waals surface area contributed by atoms with Gasteiger partial charge in [-0.1, -0.05) is 24.3 Å². The van der Waals surface area contributed by atoms with Gasteiger partial charge in [-0.3, -0.25) is 0 Å². The van der Waals surface area contributed by atoms with Gasteiger partial charge in [0, 0.05) is 25.6 Å². The number of benzene rings is 1. The van der Waals surface area contributed by atoms with Gasteiger partial charge in [-0.25, -0.2) is 0 Å². The van der Waals surface area contributed by atoms with Crippen LogP contribution in [-0.2, 0) is 6.54 Å². The molecule has 1 aromatic rings. The van der Waals surface area contributed by atoms with E-state index in [-0.39, 0.29) is 5.92 Å². The first-order valence-corrected chi connectivity index (χ1v) is 5.62. The van der Waals surface area contributed by atoms with Crippen molar-refractivity contribution >= 4 is 0 Å². The van der Waals surface area contributed by atoms with Crippen LogP contribution in [0.1, 0.15) is 17.0 Å². The topological polar surface area (TPSA) is 24.1 Å². The SMILES string of the molecule is FC(F)(F)CNCC1CNCc2ccccc21. The molecule has 5 heteroatoms. The lowest BCUT2D eigenvalue weighted by molar-refractivity contribution is -0.124. The molecule has 0 saturated heterocycles. The molecule has 1 aliphatic rings. The summed E-state index contributed by atoms with van der Waals surface area (Å²) in [6.07, 6.45) is -4.14. The quantitative estimate of drug-likeness (QED) is 0.850. The highest BCUT2D eigenvalue weighted by molar-refractivity contribution is 5.32. The second-order valence-corrected chi connectivity index (χ2v) is 4.27. The third-order valence-corrected chi connectivity index (χ3v) is 2.92. The van der Waals surface area contributed by atoms with E-state index in [4.69, 9.17) is 0 Å². The van der Waals surface area contributed by atoms with E-state index in [1.54, 1.807) is 0 Å². The first-order valence-electron chi connectivity index (χ1n) is 5.62.